The van der Waals surface area contributed by atoms with Crippen molar-refractivity contribution in [1.29, 1.82) is 0 Å². The maximum atomic E-state index is 6.00. The zero-order valence-corrected chi connectivity index (χ0v) is 11.4. The van der Waals surface area contributed by atoms with Crippen molar-refractivity contribution in [2.45, 2.75) is 25.9 Å². The molecule has 0 aliphatic heterocycles. The van der Waals surface area contributed by atoms with Gasteiger partial charge in [0.2, 0.25) is 0 Å². The Balaban J connectivity index is 2.05. The van der Waals surface area contributed by atoms with E-state index in [4.69, 9.17) is 11.6 Å². The maximum absolute atomic E-state index is 6.00. The van der Waals surface area contributed by atoms with Crippen molar-refractivity contribution in [2.75, 3.05) is 0 Å². The van der Waals surface area contributed by atoms with E-state index in [1.807, 2.05) is 30.5 Å². The number of nitrogens with one attached hydrogen (secondary N) is 1. The molecule has 0 aliphatic carbocycles. The van der Waals surface area contributed by atoms with Gasteiger partial charge >= 0.3 is 0 Å². The largest absolute Gasteiger partial charge is 0.304 e. The second-order valence-corrected chi connectivity index (χ2v) is 4.89. The zero-order chi connectivity index (χ0) is 13.0. The van der Waals surface area contributed by atoms with E-state index in [9.17, 15) is 0 Å². The van der Waals surface area contributed by atoms with Gasteiger partial charge < -0.3 is 5.32 Å². The van der Waals surface area contributed by atoms with Crippen LogP contribution in [0.5, 0.6) is 0 Å². The smallest absolute Gasteiger partial charge is 0.0409 e. The molecule has 2 nitrogen and oxygen atoms in total. The lowest BCUT2D eigenvalue weighted by Crippen LogP contribution is -2.22. The van der Waals surface area contributed by atoms with Gasteiger partial charge in [-0.15, -0.1) is 0 Å². The number of benzene rings is 1. The fraction of sp³-hybridized carbons (Fsp3) is 0.267. The number of halogens is 1. The highest BCUT2D eigenvalue weighted by atomic mass is 35.5. The second kappa shape index (κ2) is 5.98. The first-order valence-corrected chi connectivity index (χ1v) is 6.46. The Morgan fingerprint density at radius 3 is 2.44 bits per heavy atom. The van der Waals surface area contributed by atoms with Crippen LogP contribution in [0, 0.1) is 0 Å². The van der Waals surface area contributed by atoms with Gasteiger partial charge in [0.1, 0.15) is 0 Å². The Morgan fingerprint density at radius 2 is 1.78 bits per heavy atom. The molecule has 94 valence electrons. The van der Waals surface area contributed by atoms with E-state index in [-0.39, 0.29) is 12.1 Å². The molecule has 1 unspecified atom stereocenters. The number of nitrogens with zero attached hydrogens (tertiary/aromatic N) is 1. The van der Waals surface area contributed by atoms with Gasteiger partial charge in [0.25, 0.3) is 0 Å². The molecule has 1 heterocycles. The molecule has 2 atom stereocenters. The van der Waals surface area contributed by atoms with Gasteiger partial charge in [0.15, 0.2) is 0 Å². The minimum atomic E-state index is 0.249. The summed E-state index contributed by atoms with van der Waals surface area (Å²) >= 11 is 6.00. The molecule has 0 amide bonds. The molecule has 0 spiro atoms. The number of rotatable bonds is 4. The average Bonchev–Trinajstić information content (AvgIpc) is 2.39. The lowest BCUT2D eigenvalue weighted by Gasteiger charge is -2.20. The Bertz CT molecular complexity index is 499. The SMILES string of the molecule is CC(N[C@H](C)c1cccc(Cl)c1)c1cccnc1. The molecule has 2 aromatic rings. The lowest BCUT2D eigenvalue weighted by molar-refractivity contribution is 0.494. The zero-order valence-electron chi connectivity index (χ0n) is 10.6. The van der Waals surface area contributed by atoms with E-state index in [0.29, 0.717) is 0 Å². The first-order chi connectivity index (χ1) is 8.66. The summed E-state index contributed by atoms with van der Waals surface area (Å²) in [5.41, 5.74) is 2.38. The summed E-state index contributed by atoms with van der Waals surface area (Å²) < 4.78 is 0. The molecule has 1 aromatic heterocycles. The van der Waals surface area contributed by atoms with Crippen LogP contribution in [-0.2, 0) is 0 Å². The summed E-state index contributed by atoms with van der Waals surface area (Å²) in [6, 6.07) is 12.5. The van der Waals surface area contributed by atoms with E-state index >= 15 is 0 Å². The van der Waals surface area contributed by atoms with Crippen molar-refractivity contribution < 1.29 is 0 Å². The summed E-state index contributed by atoms with van der Waals surface area (Å²) in [5.74, 6) is 0. The minimum Gasteiger partial charge on any atom is -0.304 e. The molecule has 2 rings (SSSR count). The van der Waals surface area contributed by atoms with Crippen LogP contribution >= 0.6 is 11.6 Å². The van der Waals surface area contributed by atoms with Gasteiger partial charge in [0.05, 0.1) is 0 Å². The maximum Gasteiger partial charge on any atom is 0.0409 e. The molecule has 1 aromatic carbocycles. The fourth-order valence-electron chi connectivity index (χ4n) is 1.98. The topological polar surface area (TPSA) is 24.9 Å². The number of aromatic nitrogens is 1. The molecular formula is C15H17ClN2. The number of hydrogen-bond donors (Lipinski definition) is 1. The van der Waals surface area contributed by atoms with Gasteiger partial charge in [-0.2, -0.15) is 0 Å². The van der Waals surface area contributed by atoms with E-state index in [2.05, 4.69) is 36.3 Å². The molecule has 0 fully saturated rings. The van der Waals surface area contributed by atoms with Crippen molar-refractivity contribution in [3.63, 3.8) is 0 Å². The molecule has 1 N–H and O–H groups in total. The van der Waals surface area contributed by atoms with Crippen molar-refractivity contribution in [1.82, 2.24) is 10.3 Å². The van der Waals surface area contributed by atoms with Crippen LogP contribution in [0.15, 0.2) is 48.8 Å². The Kier molecular flexibility index (Phi) is 4.34. The third-order valence-corrected chi connectivity index (χ3v) is 3.27. The van der Waals surface area contributed by atoms with Crippen LogP contribution in [0.1, 0.15) is 37.1 Å². The van der Waals surface area contributed by atoms with Gasteiger partial charge in [-0.05, 0) is 43.2 Å². The molecule has 3 heteroatoms. The van der Waals surface area contributed by atoms with Gasteiger partial charge in [-0.1, -0.05) is 29.8 Å². The molecule has 0 radical (unpaired) electrons. The standard InChI is InChI=1S/C15H17ClN2/c1-11(13-5-3-7-15(16)9-13)18-12(2)14-6-4-8-17-10-14/h3-12,18H,1-2H3/t11-,12?/m1/s1. The molecule has 0 saturated heterocycles. The molecule has 0 bridgehead atoms. The lowest BCUT2D eigenvalue weighted by atomic mass is 10.1. The van der Waals surface area contributed by atoms with Gasteiger partial charge in [-0.25, -0.2) is 0 Å². The van der Waals surface area contributed by atoms with Crippen molar-refractivity contribution in [2.24, 2.45) is 0 Å². The predicted octanol–water partition coefficient (Wildman–Crippen LogP) is 4.15. The van der Waals surface area contributed by atoms with E-state index in [1.54, 1.807) is 6.20 Å². The molecule has 0 saturated carbocycles. The molecular weight excluding hydrogens is 244 g/mol. The number of hydrogen-bond acceptors (Lipinski definition) is 2. The quantitative estimate of drug-likeness (QED) is 0.893. The number of pyridine rings is 1. The predicted molar refractivity (Wildman–Crippen MR) is 75.7 cm³/mol. The first kappa shape index (κ1) is 13.1. The highest BCUT2D eigenvalue weighted by molar-refractivity contribution is 6.30. The molecule has 0 aliphatic rings. The fourth-order valence-corrected chi connectivity index (χ4v) is 2.17. The minimum absolute atomic E-state index is 0.249. The molecule has 18 heavy (non-hydrogen) atoms. The Morgan fingerprint density at radius 1 is 1.06 bits per heavy atom. The summed E-state index contributed by atoms with van der Waals surface area (Å²) in [6.45, 7) is 4.27. The summed E-state index contributed by atoms with van der Waals surface area (Å²) in [7, 11) is 0. The Labute approximate surface area is 113 Å². The van der Waals surface area contributed by atoms with Gasteiger partial charge in [-0.3, -0.25) is 4.98 Å². The van der Waals surface area contributed by atoms with Crippen LogP contribution in [-0.4, -0.2) is 4.98 Å². The van der Waals surface area contributed by atoms with E-state index in [1.165, 1.54) is 11.1 Å². The first-order valence-electron chi connectivity index (χ1n) is 6.08. The van der Waals surface area contributed by atoms with Gasteiger partial charge in [0, 0.05) is 29.5 Å². The van der Waals surface area contributed by atoms with E-state index in [0.717, 1.165) is 5.02 Å². The average molecular weight is 261 g/mol. The summed E-state index contributed by atoms with van der Waals surface area (Å²) in [4.78, 5) is 4.14. The third kappa shape index (κ3) is 3.31. The monoisotopic (exact) mass is 260 g/mol. The van der Waals surface area contributed by atoms with E-state index < -0.39 is 0 Å². The third-order valence-electron chi connectivity index (χ3n) is 3.03. The second-order valence-electron chi connectivity index (χ2n) is 4.45. The van der Waals surface area contributed by atoms with Crippen molar-refractivity contribution >= 4 is 11.6 Å². The normalized spacial score (nSPS) is 14.2. The highest BCUT2D eigenvalue weighted by Crippen LogP contribution is 2.21. The van der Waals surface area contributed by atoms with Crippen LogP contribution in [0.4, 0.5) is 0 Å². The Hall–Kier alpha value is -1.38. The van der Waals surface area contributed by atoms with Crippen LogP contribution in [0.3, 0.4) is 0 Å². The summed E-state index contributed by atoms with van der Waals surface area (Å²) in [5, 5.41) is 4.31. The van der Waals surface area contributed by atoms with Crippen molar-refractivity contribution in [3.8, 4) is 0 Å². The highest BCUT2D eigenvalue weighted by Gasteiger charge is 2.11. The van der Waals surface area contributed by atoms with Crippen LogP contribution in [0.2, 0.25) is 5.02 Å². The van der Waals surface area contributed by atoms with Crippen LogP contribution < -0.4 is 5.32 Å². The summed E-state index contributed by atoms with van der Waals surface area (Å²) in [6.07, 6.45) is 3.68. The van der Waals surface area contributed by atoms with Crippen LogP contribution in [0.25, 0.3) is 0 Å². The van der Waals surface area contributed by atoms with Crippen molar-refractivity contribution in [3.05, 3.63) is 64.9 Å².